The van der Waals surface area contributed by atoms with Crippen molar-refractivity contribution < 1.29 is 28.3 Å². The number of carbonyl (C=O) groups is 3. The fourth-order valence-electron chi connectivity index (χ4n) is 1.90. The Balaban J connectivity index is 2.19. The average Bonchev–Trinajstić information content (AvgIpc) is 2.54. The highest BCUT2D eigenvalue weighted by Gasteiger charge is 2.23. The van der Waals surface area contributed by atoms with Gasteiger partial charge in [0.15, 0.2) is 11.5 Å². The summed E-state index contributed by atoms with van der Waals surface area (Å²) < 4.78 is 14.5. The fourth-order valence-corrected chi connectivity index (χ4v) is 1.90. The maximum absolute atomic E-state index is 12.1. The normalized spacial score (nSPS) is 11.6. The lowest BCUT2D eigenvalue weighted by atomic mass is 10.1. The van der Waals surface area contributed by atoms with E-state index < -0.39 is 29.5 Å². The second-order valence-electron chi connectivity index (χ2n) is 5.00. The first-order valence-electron chi connectivity index (χ1n) is 6.96. The fraction of sp³-hybridized carbons (Fsp3) is 0.250. The highest BCUT2D eigenvalue weighted by atomic mass is 16.6. The maximum atomic E-state index is 12.1. The van der Waals surface area contributed by atoms with Gasteiger partial charge < -0.3 is 13.9 Å². The van der Waals surface area contributed by atoms with Gasteiger partial charge in [0.2, 0.25) is 5.76 Å². The first-order chi connectivity index (χ1) is 11.3. The largest absolute Gasteiger partial charge is 0.453 e. The van der Waals surface area contributed by atoms with Crippen molar-refractivity contribution in [1.82, 2.24) is 5.32 Å². The summed E-state index contributed by atoms with van der Waals surface area (Å²) in [6.45, 7) is 3.08. The van der Waals surface area contributed by atoms with Crippen LogP contribution in [0.3, 0.4) is 0 Å². The zero-order valence-corrected chi connectivity index (χ0v) is 13.2. The van der Waals surface area contributed by atoms with Crippen molar-refractivity contribution in [3.8, 4) is 0 Å². The molecule has 0 aliphatic heterocycles. The molecule has 1 heterocycles. The van der Waals surface area contributed by atoms with Gasteiger partial charge in [-0.3, -0.25) is 14.9 Å². The lowest BCUT2D eigenvalue weighted by molar-refractivity contribution is -0.128. The molecule has 0 fully saturated rings. The summed E-state index contributed by atoms with van der Waals surface area (Å²) in [6.07, 6.45) is -2.26. The molecule has 0 saturated heterocycles. The van der Waals surface area contributed by atoms with E-state index in [4.69, 9.17) is 9.15 Å². The Kier molecular flexibility index (Phi) is 4.98. The van der Waals surface area contributed by atoms with Crippen molar-refractivity contribution in [2.75, 3.05) is 7.11 Å². The van der Waals surface area contributed by atoms with Gasteiger partial charge in [-0.2, -0.15) is 0 Å². The number of nitrogens with one attached hydrogen (secondary N) is 1. The summed E-state index contributed by atoms with van der Waals surface area (Å²) in [7, 11) is 1.09. The van der Waals surface area contributed by atoms with E-state index in [1.54, 1.807) is 18.2 Å². The average molecular weight is 333 g/mol. The summed E-state index contributed by atoms with van der Waals surface area (Å²) in [5.41, 5.74) is 0.698. The van der Waals surface area contributed by atoms with Crippen LogP contribution in [0.2, 0.25) is 0 Å². The van der Waals surface area contributed by atoms with Crippen LogP contribution < -0.4 is 10.7 Å². The molecule has 126 valence electrons. The second-order valence-corrected chi connectivity index (χ2v) is 5.00. The number of imide groups is 1. The third kappa shape index (κ3) is 3.78. The van der Waals surface area contributed by atoms with Crippen LogP contribution in [0.5, 0.6) is 0 Å². The number of carbonyl (C=O) groups excluding carboxylic acids is 3. The van der Waals surface area contributed by atoms with Crippen molar-refractivity contribution in [3.63, 3.8) is 0 Å². The molecule has 2 amide bonds. The number of rotatable bonds is 3. The first-order valence-corrected chi connectivity index (χ1v) is 6.96. The van der Waals surface area contributed by atoms with E-state index in [1.807, 2.05) is 12.2 Å². The van der Waals surface area contributed by atoms with E-state index in [0.29, 0.717) is 5.39 Å². The molecule has 1 aromatic carbocycles. The third-order valence-electron chi connectivity index (χ3n) is 3.15. The standard InChI is InChI=1S/C16H15NO7/c1-8-4-5-12-10(6-8)11(18)7-13(24-12)15(20)23-9(2)14(19)17-16(21)22-3/h4-7,9H,1-3H3,(H,17,19,21)/t9-/m0/s1. The predicted molar refractivity (Wildman–Crippen MR) is 82.6 cm³/mol. The summed E-state index contributed by atoms with van der Waals surface area (Å²) in [6, 6.07) is 5.93. The minimum Gasteiger partial charge on any atom is -0.453 e. The highest BCUT2D eigenvalue weighted by molar-refractivity contribution is 5.96. The number of alkyl carbamates (subject to hydrolysis) is 1. The van der Waals surface area contributed by atoms with Crippen LogP contribution in [0.25, 0.3) is 11.0 Å². The molecular weight excluding hydrogens is 318 g/mol. The molecule has 2 aromatic rings. The molecule has 8 heteroatoms. The van der Waals surface area contributed by atoms with E-state index >= 15 is 0 Å². The van der Waals surface area contributed by atoms with E-state index in [1.165, 1.54) is 6.92 Å². The first kappa shape index (κ1) is 17.2. The Bertz CT molecular complexity index is 868. The molecule has 0 bridgehead atoms. The van der Waals surface area contributed by atoms with Gasteiger partial charge in [0.25, 0.3) is 5.91 Å². The van der Waals surface area contributed by atoms with Crippen LogP contribution in [-0.4, -0.2) is 31.2 Å². The lowest BCUT2D eigenvalue weighted by Crippen LogP contribution is -2.39. The van der Waals surface area contributed by atoms with Crippen molar-refractivity contribution in [3.05, 3.63) is 45.8 Å². The summed E-state index contributed by atoms with van der Waals surface area (Å²) in [4.78, 5) is 46.6. The molecule has 0 radical (unpaired) electrons. The summed E-state index contributed by atoms with van der Waals surface area (Å²) in [5.74, 6) is -2.20. The molecule has 0 spiro atoms. The van der Waals surface area contributed by atoms with Crippen LogP contribution in [-0.2, 0) is 14.3 Å². The van der Waals surface area contributed by atoms with Crippen LogP contribution >= 0.6 is 0 Å². The number of fused-ring (bicyclic) bond motifs is 1. The van der Waals surface area contributed by atoms with E-state index in [2.05, 4.69) is 4.74 Å². The lowest BCUT2D eigenvalue weighted by Gasteiger charge is -2.12. The smallest absolute Gasteiger partial charge is 0.413 e. The minimum absolute atomic E-state index is 0.228. The number of benzene rings is 1. The molecule has 1 atom stereocenters. The van der Waals surface area contributed by atoms with Gasteiger partial charge in [-0.05, 0) is 26.0 Å². The van der Waals surface area contributed by atoms with E-state index in [-0.39, 0.29) is 11.3 Å². The molecular formula is C16H15NO7. The monoisotopic (exact) mass is 333 g/mol. The van der Waals surface area contributed by atoms with Gasteiger partial charge in [-0.25, -0.2) is 9.59 Å². The molecule has 0 saturated carbocycles. The van der Waals surface area contributed by atoms with Crippen LogP contribution in [0.15, 0.2) is 33.5 Å². The van der Waals surface area contributed by atoms with Gasteiger partial charge in [0.05, 0.1) is 12.5 Å². The van der Waals surface area contributed by atoms with Crippen LogP contribution in [0.4, 0.5) is 4.79 Å². The number of methoxy groups -OCH3 is 1. The maximum Gasteiger partial charge on any atom is 0.413 e. The number of hydrogen-bond acceptors (Lipinski definition) is 7. The van der Waals surface area contributed by atoms with E-state index in [9.17, 15) is 19.2 Å². The van der Waals surface area contributed by atoms with Crippen LogP contribution in [0, 0.1) is 6.92 Å². The summed E-state index contributed by atoms with van der Waals surface area (Å²) in [5, 5.41) is 2.20. The molecule has 1 aromatic heterocycles. The van der Waals surface area contributed by atoms with Crippen LogP contribution in [0.1, 0.15) is 23.0 Å². The Morgan fingerprint density at radius 1 is 1.21 bits per heavy atom. The minimum atomic E-state index is -1.28. The van der Waals surface area contributed by atoms with Gasteiger partial charge in [-0.15, -0.1) is 0 Å². The third-order valence-corrected chi connectivity index (χ3v) is 3.15. The zero-order chi connectivity index (χ0) is 17.9. The Morgan fingerprint density at radius 3 is 2.58 bits per heavy atom. The van der Waals surface area contributed by atoms with E-state index in [0.717, 1.165) is 18.7 Å². The topological polar surface area (TPSA) is 112 Å². The van der Waals surface area contributed by atoms with Crippen molar-refractivity contribution in [2.24, 2.45) is 0 Å². The molecule has 0 unspecified atom stereocenters. The van der Waals surface area contributed by atoms with Gasteiger partial charge in [0.1, 0.15) is 5.58 Å². The Labute approximate surface area is 136 Å². The molecule has 8 nitrogen and oxygen atoms in total. The van der Waals surface area contributed by atoms with Gasteiger partial charge in [0, 0.05) is 6.07 Å². The molecule has 1 N–H and O–H groups in total. The van der Waals surface area contributed by atoms with Crippen molar-refractivity contribution >= 4 is 28.9 Å². The molecule has 0 aliphatic rings. The number of ether oxygens (including phenoxy) is 2. The number of esters is 1. The molecule has 24 heavy (non-hydrogen) atoms. The Hall–Kier alpha value is -3.16. The van der Waals surface area contributed by atoms with Gasteiger partial charge in [-0.1, -0.05) is 11.6 Å². The highest BCUT2D eigenvalue weighted by Crippen LogP contribution is 2.15. The predicted octanol–water partition coefficient (Wildman–Crippen LogP) is 1.53. The number of aryl methyl sites for hydroxylation is 1. The van der Waals surface area contributed by atoms with Crippen molar-refractivity contribution in [1.29, 1.82) is 0 Å². The molecule has 0 aliphatic carbocycles. The van der Waals surface area contributed by atoms with Gasteiger partial charge >= 0.3 is 12.1 Å². The number of amides is 2. The molecule has 2 rings (SSSR count). The quantitative estimate of drug-likeness (QED) is 0.848. The van der Waals surface area contributed by atoms with Crippen molar-refractivity contribution in [2.45, 2.75) is 20.0 Å². The summed E-state index contributed by atoms with van der Waals surface area (Å²) >= 11 is 0. The SMILES string of the molecule is COC(=O)NC(=O)[C@H](C)OC(=O)c1cc(=O)c2cc(C)ccc2o1. The second kappa shape index (κ2) is 6.95. The zero-order valence-electron chi connectivity index (χ0n) is 13.2. The Morgan fingerprint density at radius 2 is 1.92 bits per heavy atom. The number of hydrogen-bond donors (Lipinski definition) is 1.